The van der Waals surface area contributed by atoms with Gasteiger partial charge in [0.15, 0.2) is 0 Å². The highest BCUT2D eigenvalue weighted by Crippen LogP contribution is 2.31. The lowest BCUT2D eigenvalue weighted by Crippen LogP contribution is -2.40. The first kappa shape index (κ1) is 12.5. The van der Waals surface area contributed by atoms with Crippen molar-refractivity contribution in [3.05, 3.63) is 29.8 Å². The van der Waals surface area contributed by atoms with Crippen molar-refractivity contribution in [1.29, 1.82) is 0 Å². The summed E-state index contributed by atoms with van der Waals surface area (Å²) in [5.74, 6) is 0.939. The van der Waals surface area contributed by atoms with Gasteiger partial charge < -0.3 is 15.4 Å². The summed E-state index contributed by atoms with van der Waals surface area (Å²) < 4.78 is 5.55. The van der Waals surface area contributed by atoms with Gasteiger partial charge in [0.2, 0.25) is 5.91 Å². The summed E-state index contributed by atoms with van der Waals surface area (Å²) in [6, 6.07) is 8.40. The van der Waals surface area contributed by atoms with Crippen LogP contribution in [-0.4, -0.2) is 25.1 Å². The van der Waals surface area contributed by atoms with Crippen LogP contribution >= 0.6 is 0 Å². The zero-order chi connectivity index (χ0) is 13.1. The molecule has 19 heavy (non-hydrogen) atoms. The summed E-state index contributed by atoms with van der Waals surface area (Å²) in [7, 11) is 0. The van der Waals surface area contributed by atoms with Crippen molar-refractivity contribution in [3.63, 3.8) is 0 Å². The van der Waals surface area contributed by atoms with Crippen LogP contribution in [0.15, 0.2) is 24.3 Å². The van der Waals surface area contributed by atoms with Gasteiger partial charge in [-0.3, -0.25) is 4.79 Å². The van der Waals surface area contributed by atoms with Gasteiger partial charge in [0.25, 0.3) is 0 Å². The molecule has 1 amide bonds. The number of ether oxygens (including phenoxy) is 1. The molecule has 0 spiro atoms. The van der Waals surface area contributed by atoms with E-state index in [4.69, 9.17) is 4.74 Å². The van der Waals surface area contributed by atoms with E-state index >= 15 is 0 Å². The third kappa shape index (κ3) is 2.89. The van der Waals surface area contributed by atoms with Crippen LogP contribution in [0.3, 0.4) is 0 Å². The van der Waals surface area contributed by atoms with E-state index in [0.29, 0.717) is 19.2 Å². The molecule has 1 aliphatic carbocycles. The molecule has 1 saturated carbocycles. The molecule has 2 N–H and O–H groups in total. The molecule has 1 unspecified atom stereocenters. The number of fused-ring (bicyclic) bond motifs is 1. The Hall–Kier alpha value is -1.55. The van der Waals surface area contributed by atoms with E-state index in [0.717, 1.165) is 11.3 Å². The molecule has 0 aromatic heterocycles. The minimum absolute atomic E-state index is 0.00548. The number of nitrogens with one attached hydrogen (secondary N) is 2. The summed E-state index contributed by atoms with van der Waals surface area (Å²) in [5, 5.41) is 6.36. The molecule has 1 atom stereocenters. The van der Waals surface area contributed by atoms with E-state index in [1.54, 1.807) is 0 Å². The average Bonchev–Trinajstić information content (AvgIpc) is 3.07. The Balaban J connectivity index is 1.50. The molecule has 0 saturated heterocycles. The molecule has 102 valence electrons. The van der Waals surface area contributed by atoms with Crippen molar-refractivity contribution in [2.75, 3.05) is 13.2 Å². The summed E-state index contributed by atoms with van der Waals surface area (Å²) in [6.07, 6.45) is 4.96. The number of amides is 1. The largest absolute Gasteiger partial charge is 0.491 e. The highest BCUT2D eigenvalue weighted by Gasteiger charge is 2.25. The molecule has 0 radical (unpaired) electrons. The SMILES string of the molecule is O=C(CNC1CCCC1)NC1COc2ccccc21. The van der Waals surface area contributed by atoms with Gasteiger partial charge in [-0.05, 0) is 18.9 Å². The van der Waals surface area contributed by atoms with E-state index < -0.39 is 0 Å². The molecule has 4 heteroatoms. The fourth-order valence-corrected chi connectivity index (χ4v) is 2.89. The van der Waals surface area contributed by atoms with Gasteiger partial charge in [-0.2, -0.15) is 0 Å². The number of hydrogen-bond acceptors (Lipinski definition) is 3. The van der Waals surface area contributed by atoms with E-state index in [2.05, 4.69) is 10.6 Å². The molecular formula is C15H20N2O2. The first-order chi connectivity index (χ1) is 9.33. The predicted molar refractivity (Wildman–Crippen MR) is 73.1 cm³/mol. The second-order valence-electron chi connectivity index (χ2n) is 5.33. The number of carbonyl (C=O) groups excluding carboxylic acids is 1. The Bertz CT molecular complexity index is 455. The Kier molecular flexibility index (Phi) is 3.69. The molecule has 1 aromatic rings. The van der Waals surface area contributed by atoms with Gasteiger partial charge in [0.05, 0.1) is 12.6 Å². The van der Waals surface area contributed by atoms with Crippen molar-refractivity contribution in [3.8, 4) is 5.75 Å². The van der Waals surface area contributed by atoms with Gasteiger partial charge in [0, 0.05) is 11.6 Å². The highest BCUT2D eigenvalue weighted by atomic mass is 16.5. The van der Waals surface area contributed by atoms with E-state index in [9.17, 15) is 4.79 Å². The van der Waals surface area contributed by atoms with Crippen molar-refractivity contribution >= 4 is 5.91 Å². The quantitative estimate of drug-likeness (QED) is 0.867. The Morgan fingerprint density at radius 1 is 1.26 bits per heavy atom. The van der Waals surface area contributed by atoms with E-state index in [1.165, 1.54) is 25.7 Å². The normalized spacial score (nSPS) is 22.0. The summed E-state index contributed by atoms with van der Waals surface area (Å²) in [6.45, 7) is 0.942. The molecular weight excluding hydrogens is 240 g/mol. The van der Waals surface area contributed by atoms with Crippen molar-refractivity contribution in [2.24, 2.45) is 0 Å². The summed E-state index contributed by atoms with van der Waals surface area (Å²) >= 11 is 0. The predicted octanol–water partition coefficient (Wildman–Crippen LogP) is 1.77. The van der Waals surface area contributed by atoms with Crippen LogP contribution in [0.4, 0.5) is 0 Å². The van der Waals surface area contributed by atoms with Crippen LogP contribution in [0.5, 0.6) is 5.75 Å². The maximum Gasteiger partial charge on any atom is 0.234 e. The molecule has 1 fully saturated rings. The second kappa shape index (κ2) is 5.61. The fraction of sp³-hybridized carbons (Fsp3) is 0.533. The van der Waals surface area contributed by atoms with E-state index in [1.807, 2.05) is 24.3 Å². The first-order valence-electron chi connectivity index (χ1n) is 7.07. The molecule has 1 aromatic carbocycles. The highest BCUT2D eigenvalue weighted by molar-refractivity contribution is 5.78. The zero-order valence-corrected chi connectivity index (χ0v) is 11.0. The second-order valence-corrected chi connectivity index (χ2v) is 5.33. The van der Waals surface area contributed by atoms with Crippen molar-refractivity contribution in [2.45, 2.75) is 37.8 Å². The van der Waals surface area contributed by atoms with Crippen molar-refractivity contribution in [1.82, 2.24) is 10.6 Å². The molecule has 4 nitrogen and oxygen atoms in total. The van der Waals surface area contributed by atoms with Gasteiger partial charge in [-0.15, -0.1) is 0 Å². The van der Waals surface area contributed by atoms with Crippen LogP contribution in [0, 0.1) is 0 Å². The standard InChI is InChI=1S/C15H20N2O2/c18-15(9-16-11-5-1-2-6-11)17-13-10-19-14-8-4-3-7-12(13)14/h3-4,7-8,11,13,16H,1-2,5-6,9-10H2,(H,17,18). The Labute approximate surface area is 113 Å². The maximum absolute atomic E-state index is 11.9. The van der Waals surface area contributed by atoms with Crippen LogP contribution in [0.1, 0.15) is 37.3 Å². The lowest BCUT2D eigenvalue weighted by Gasteiger charge is -2.14. The Morgan fingerprint density at radius 3 is 2.89 bits per heavy atom. The lowest BCUT2D eigenvalue weighted by atomic mass is 10.1. The number of hydrogen-bond donors (Lipinski definition) is 2. The van der Waals surface area contributed by atoms with Crippen LogP contribution < -0.4 is 15.4 Å². The molecule has 1 aliphatic heterocycles. The molecule has 0 bridgehead atoms. The number of para-hydroxylation sites is 1. The van der Waals surface area contributed by atoms with Crippen LogP contribution in [-0.2, 0) is 4.79 Å². The molecule has 1 heterocycles. The lowest BCUT2D eigenvalue weighted by molar-refractivity contribution is -0.121. The fourth-order valence-electron chi connectivity index (χ4n) is 2.89. The summed E-state index contributed by atoms with van der Waals surface area (Å²) in [5.41, 5.74) is 1.08. The Morgan fingerprint density at radius 2 is 2.05 bits per heavy atom. The van der Waals surface area contributed by atoms with Crippen LogP contribution in [0.25, 0.3) is 0 Å². The topological polar surface area (TPSA) is 50.4 Å². The van der Waals surface area contributed by atoms with Crippen molar-refractivity contribution < 1.29 is 9.53 Å². The first-order valence-corrected chi connectivity index (χ1v) is 7.07. The third-order valence-corrected chi connectivity index (χ3v) is 3.94. The monoisotopic (exact) mass is 260 g/mol. The number of rotatable bonds is 4. The van der Waals surface area contributed by atoms with E-state index in [-0.39, 0.29) is 11.9 Å². The molecule has 2 aliphatic rings. The number of benzene rings is 1. The van der Waals surface area contributed by atoms with Crippen LogP contribution in [0.2, 0.25) is 0 Å². The zero-order valence-electron chi connectivity index (χ0n) is 11.0. The smallest absolute Gasteiger partial charge is 0.234 e. The van der Waals surface area contributed by atoms with Gasteiger partial charge in [-0.25, -0.2) is 0 Å². The average molecular weight is 260 g/mol. The minimum atomic E-state index is -0.00548. The number of carbonyl (C=O) groups is 1. The minimum Gasteiger partial charge on any atom is -0.491 e. The maximum atomic E-state index is 11.9. The molecule has 3 rings (SSSR count). The third-order valence-electron chi connectivity index (χ3n) is 3.94. The van der Waals surface area contributed by atoms with Gasteiger partial charge >= 0.3 is 0 Å². The summed E-state index contributed by atoms with van der Waals surface area (Å²) in [4.78, 5) is 11.9. The van der Waals surface area contributed by atoms with Gasteiger partial charge in [-0.1, -0.05) is 31.0 Å². The van der Waals surface area contributed by atoms with Gasteiger partial charge in [0.1, 0.15) is 12.4 Å².